The van der Waals surface area contributed by atoms with E-state index in [-0.39, 0.29) is 0 Å². The van der Waals surface area contributed by atoms with Crippen molar-refractivity contribution in [2.75, 3.05) is 5.73 Å². The van der Waals surface area contributed by atoms with Gasteiger partial charge in [-0.1, -0.05) is 42.5 Å². The maximum atomic E-state index is 8.83. The molecule has 4 nitrogen and oxygen atoms in total. The molecular weight excluding hydrogens is 260 g/mol. The molecule has 0 saturated carbocycles. The molecule has 0 atom stereocenters. The zero-order valence-electron chi connectivity index (χ0n) is 11.4. The third kappa shape index (κ3) is 2.77. The van der Waals surface area contributed by atoms with Crippen molar-refractivity contribution in [3.8, 4) is 17.3 Å². The van der Waals surface area contributed by atoms with Gasteiger partial charge in [0.2, 0.25) is 0 Å². The molecule has 2 N–H and O–H groups in total. The minimum atomic E-state index is 0.626. The van der Waals surface area contributed by atoms with Crippen LogP contribution in [0.2, 0.25) is 0 Å². The van der Waals surface area contributed by atoms with Crippen LogP contribution in [0.5, 0.6) is 0 Å². The maximum absolute atomic E-state index is 8.83. The van der Waals surface area contributed by atoms with Gasteiger partial charge in [-0.3, -0.25) is 4.68 Å². The molecule has 1 heterocycles. The fourth-order valence-electron chi connectivity index (χ4n) is 2.22. The summed E-state index contributed by atoms with van der Waals surface area (Å²) in [5.41, 5.74) is 10.1. The molecule has 102 valence electrons. The number of benzene rings is 2. The van der Waals surface area contributed by atoms with E-state index in [0.29, 0.717) is 17.8 Å². The number of nitrogens with two attached hydrogens (primary N) is 1. The molecule has 0 aliphatic carbocycles. The van der Waals surface area contributed by atoms with Gasteiger partial charge in [-0.25, -0.2) is 0 Å². The van der Waals surface area contributed by atoms with E-state index in [1.54, 1.807) is 12.1 Å². The first-order chi connectivity index (χ1) is 10.3. The minimum Gasteiger partial charge on any atom is -0.396 e. The average molecular weight is 274 g/mol. The fourth-order valence-corrected chi connectivity index (χ4v) is 2.22. The van der Waals surface area contributed by atoms with Gasteiger partial charge < -0.3 is 5.73 Å². The van der Waals surface area contributed by atoms with Crippen molar-refractivity contribution in [1.82, 2.24) is 9.78 Å². The molecule has 0 fully saturated rings. The van der Waals surface area contributed by atoms with Gasteiger partial charge in [-0.15, -0.1) is 0 Å². The lowest BCUT2D eigenvalue weighted by atomic mass is 10.1. The molecule has 0 amide bonds. The van der Waals surface area contributed by atoms with E-state index >= 15 is 0 Å². The van der Waals surface area contributed by atoms with Crippen molar-refractivity contribution in [2.45, 2.75) is 6.54 Å². The molecule has 0 spiro atoms. The Bertz CT molecular complexity index is 780. The highest BCUT2D eigenvalue weighted by molar-refractivity contribution is 5.72. The molecule has 0 aliphatic rings. The first-order valence-corrected chi connectivity index (χ1v) is 6.63. The molecule has 3 aromatic rings. The number of nitrogen functional groups attached to an aromatic ring is 1. The van der Waals surface area contributed by atoms with Crippen LogP contribution in [0.1, 0.15) is 11.1 Å². The molecule has 3 rings (SSSR count). The van der Waals surface area contributed by atoms with Gasteiger partial charge in [0, 0.05) is 11.8 Å². The Morgan fingerprint density at radius 1 is 1.05 bits per heavy atom. The van der Waals surface area contributed by atoms with E-state index in [0.717, 1.165) is 11.3 Å². The summed E-state index contributed by atoms with van der Waals surface area (Å²) in [4.78, 5) is 0. The van der Waals surface area contributed by atoms with Gasteiger partial charge in [-0.05, 0) is 17.7 Å². The quantitative estimate of drug-likeness (QED) is 0.798. The van der Waals surface area contributed by atoms with Gasteiger partial charge in [0.05, 0.1) is 23.9 Å². The second-order valence-corrected chi connectivity index (χ2v) is 4.81. The molecule has 0 unspecified atom stereocenters. The molecule has 4 heteroatoms. The van der Waals surface area contributed by atoms with E-state index in [2.05, 4.69) is 23.3 Å². The van der Waals surface area contributed by atoms with Crippen molar-refractivity contribution in [2.24, 2.45) is 0 Å². The lowest BCUT2D eigenvalue weighted by molar-refractivity contribution is 0.689. The Labute approximate surface area is 123 Å². The highest BCUT2D eigenvalue weighted by atomic mass is 15.3. The Balaban J connectivity index is 1.89. The SMILES string of the molecule is N#Cc1ccc(-c2nn(Cc3ccccc3)cc2N)cc1. The van der Waals surface area contributed by atoms with Gasteiger partial charge in [0.15, 0.2) is 0 Å². The van der Waals surface area contributed by atoms with Gasteiger partial charge >= 0.3 is 0 Å². The molecule has 21 heavy (non-hydrogen) atoms. The highest BCUT2D eigenvalue weighted by Gasteiger charge is 2.09. The molecular formula is C17H14N4. The lowest BCUT2D eigenvalue weighted by Gasteiger charge is -2.01. The predicted octanol–water partition coefficient (Wildman–Crippen LogP) is 3.05. The molecule has 2 aromatic carbocycles. The number of rotatable bonds is 3. The summed E-state index contributed by atoms with van der Waals surface area (Å²) >= 11 is 0. The zero-order valence-corrected chi connectivity index (χ0v) is 11.4. The summed E-state index contributed by atoms with van der Waals surface area (Å²) in [6, 6.07) is 19.5. The van der Waals surface area contributed by atoms with Crippen molar-refractivity contribution >= 4 is 5.69 Å². The van der Waals surface area contributed by atoms with Gasteiger partial charge in [-0.2, -0.15) is 10.4 Å². The first kappa shape index (κ1) is 12.9. The Morgan fingerprint density at radius 2 is 1.76 bits per heavy atom. The predicted molar refractivity (Wildman–Crippen MR) is 82.3 cm³/mol. The smallest absolute Gasteiger partial charge is 0.115 e. The third-order valence-electron chi connectivity index (χ3n) is 3.26. The van der Waals surface area contributed by atoms with Crippen molar-refractivity contribution < 1.29 is 0 Å². The van der Waals surface area contributed by atoms with E-state index in [1.807, 2.05) is 41.2 Å². The summed E-state index contributed by atoms with van der Waals surface area (Å²) in [5.74, 6) is 0. The molecule has 1 aromatic heterocycles. The summed E-state index contributed by atoms with van der Waals surface area (Å²) in [7, 11) is 0. The lowest BCUT2D eigenvalue weighted by Crippen LogP contribution is -2.00. The normalized spacial score (nSPS) is 10.2. The van der Waals surface area contributed by atoms with Crippen LogP contribution >= 0.6 is 0 Å². The summed E-state index contributed by atoms with van der Waals surface area (Å²) in [6.07, 6.45) is 1.83. The Morgan fingerprint density at radius 3 is 2.43 bits per heavy atom. The van der Waals surface area contributed by atoms with Crippen LogP contribution in [0.4, 0.5) is 5.69 Å². The van der Waals surface area contributed by atoms with Crippen LogP contribution in [0.15, 0.2) is 60.8 Å². The second-order valence-electron chi connectivity index (χ2n) is 4.81. The topological polar surface area (TPSA) is 67.6 Å². The van der Waals surface area contributed by atoms with E-state index in [9.17, 15) is 0 Å². The van der Waals surface area contributed by atoms with Crippen molar-refractivity contribution in [1.29, 1.82) is 5.26 Å². The van der Waals surface area contributed by atoms with Crippen molar-refractivity contribution in [3.63, 3.8) is 0 Å². The maximum Gasteiger partial charge on any atom is 0.115 e. The van der Waals surface area contributed by atoms with Crippen LogP contribution in [0.3, 0.4) is 0 Å². The van der Waals surface area contributed by atoms with Crippen LogP contribution in [0.25, 0.3) is 11.3 Å². The zero-order chi connectivity index (χ0) is 14.7. The number of anilines is 1. The Kier molecular flexibility index (Phi) is 3.40. The van der Waals surface area contributed by atoms with Crippen LogP contribution < -0.4 is 5.73 Å². The molecule has 0 aliphatic heterocycles. The fraction of sp³-hybridized carbons (Fsp3) is 0.0588. The summed E-state index contributed by atoms with van der Waals surface area (Å²) in [6.45, 7) is 0.682. The van der Waals surface area contributed by atoms with Gasteiger partial charge in [0.1, 0.15) is 5.69 Å². The van der Waals surface area contributed by atoms with E-state index in [1.165, 1.54) is 5.56 Å². The van der Waals surface area contributed by atoms with E-state index < -0.39 is 0 Å². The monoisotopic (exact) mass is 274 g/mol. The molecule has 0 saturated heterocycles. The number of hydrogen-bond acceptors (Lipinski definition) is 3. The van der Waals surface area contributed by atoms with Crippen molar-refractivity contribution in [3.05, 3.63) is 71.9 Å². The highest BCUT2D eigenvalue weighted by Crippen LogP contribution is 2.24. The minimum absolute atomic E-state index is 0.626. The van der Waals surface area contributed by atoms with Gasteiger partial charge in [0.25, 0.3) is 0 Å². The second kappa shape index (κ2) is 5.51. The number of nitriles is 1. The summed E-state index contributed by atoms with van der Waals surface area (Å²) < 4.78 is 1.83. The third-order valence-corrected chi connectivity index (χ3v) is 3.26. The van der Waals surface area contributed by atoms with Crippen LogP contribution in [0, 0.1) is 11.3 Å². The van der Waals surface area contributed by atoms with E-state index in [4.69, 9.17) is 11.0 Å². The van der Waals surface area contributed by atoms with Crippen LogP contribution in [-0.2, 0) is 6.54 Å². The van der Waals surface area contributed by atoms with Crippen LogP contribution in [-0.4, -0.2) is 9.78 Å². The standard InChI is InChI=1S/C17H14N4/c18-10-13-6-8-15(9-7-13)17-16(19)12-21(20-17)11-14-4-2-1-3-5-14/h1-9,12H,11,19H2. The molecule has 0 radical (unpaired) electrons. The first-order valence-electron chi connectivity index (χ1n) is 6.63. The summed E-state index contributed by atoms with van der Waals surface area (Å²) in [5, 5.41) is 13.4. The number of hydrogen-bond donors (Lipinski definition) is 1. The number of aromatic nitrogens is 2. The largest absolute Gasteiger partial charge is 0.396 e. The average Bonchev–Trinajstić information content (AvgIpc) is 2.89. The Hall–Kier alpha value is -3.06. The molecule has 0 bridgehead atoms. The number of nitrogens with zero attached hydrogens (tertiary/aromatic N) is 3.